The maximum Gasteiger partial charge on any atom is 0.0700 e. The van der Waals surface area contributed by atoms with Gasteiger partial charge in [-0.1, -0.05) is 0 Å². The highest BCUT2D eigenvalue weighted by Gasteiger charge is 1.95. The second kappa shape index (κ2) is 13.2. The van der Waals surface area contributed by atoms with Crippen molar-refractivity contribution in [2.75, 3.05) is 65.9 Å². The molecule has 1 aliphatic rings. The highest BCUT2D eigenvalue weighted by Crippen LogP contribution is 1.90. The molecule has 0 atom stereocenters. The summed E-state index contributed by atoms with van der Waals surface area (Å²) in [6.07, 6.45) is 2.96. The van der Waals surface area contributed by atoms with Crippen molar-refractivity contribution in [3.63, 3.8) is 0 Å². The first kappa shape index (κ1) is 15.9. The predicted molar refractivity (Wildman–Crippen MR) is 70.0 cm³/mol. The molecule has 18 heavy (non-hydrogen) atoms. The van der Waals surface area contributed by atoms with Crippen LogP contribution in [0.3, 0.4) is 0 Å². The lowest BCUT2D eigenvalue weighted by molar-refractivity contribution is 0.0262. The summed E-state index contributed by atoms with van der Waals surface area (Å²) in [4.78, 5) is 0. The molecule has 0 unspecified atom stereocenters. The van der Waals surface area contributed by atoms with Gasteiger partial charge in [-0.15, -0.1) is 0 Å². The Kier molecular flexibility index (Phi) is 11.7. The molecule has 0 aromatic rings. The van der Waals surface area contributed by atoms with Crippen molar-refractivity contribution in [3.05, 3.63) is 0 Å². The van der Waals surface area contributed by atoms with Crippen LogP contribution >= 0.6 is 0 Å². The van der Waals surface area contributed by atoms with Gasteiger partial charge in [0.2, 0.25) is 0 Å². The zero-order valence-electron chi connectivity index (χ0n) is 11.3. The Hall–Kier alpha value is -0.200. The summed E-state index contributed by atoms with van der Waals surface area (Å²) in [6.45, 7) is 7.88. The van der Waals surface area contributed by atoms with Gasteiger partial charge in [0.15, 0.2) is 0 Å². The molecule has 0 radical (unpaired) electrons. The molecule has 0 bridgehead atoms. The van der Waals surface area contributed by atoms with Crippen LogP contribution < -0.4 is 5.32 Å². The zero-order valence-corrected chi connectivity index (χ0v) is 11.3. The van der Waals surface area contributed by atoms with Crippen molar-refractivity contribution in [1.29, 1.82) is 0 Å². The Balaban J connectivity index is 2.00. The quantitative estimate of drug-likeness (QED) is 0.700. The first-order valence-corrected chi connectivity index (χ1v) is 7.02. The zero-order chi connectivity index (χ0) is 12.7. The Morgan fingerprint density at radius 2 is 0.944 bits per heavy atom. The van der Waals surface area contributed by atoms with Gasteiger partial charge in [-0.3, -0.25) is 0 Å². The molecule has 0 amide bonds. The van der Waals surface area contributed by atoms with Crippen LogP contribution in [0.25, 0.3) is 0 Å². The van der Waals surface area contributed by atoms with E-state index in [-0.39, 0.29) is 0 Å². The van der Waals surface area contributed by atoms with E-state index in [9.17, 15) is 0 Å². The van der Waals surface area contributed by atoms with Gasteiger partial charge in [0.25, 0.3) is 0 Å². The maximum atomic E-state index is 5.50. The molecule has 1 rings (SSSR count). The summed E-state index contributed by atoms with van der Waals surface area (Å²) >= 11 is 0. The molecule has 1 aliphatic heterocycles. The predicted octanol–water partition coefficient (Wildman–Crippen LogP) is 0.826. The molecule has 0 aliphatic carbocycles. The normalized spacial score (nSPS) is 24.0. The average molecular weight is 261 g/mol. The van der Waals surface area contributed by atoms with E-state index in [4.69, 9.17) is 18.9 Å². The van der Waals surface area contributed by atoms with E-state index < -0.39 is 0 Å². The van der Waals surface area contributed by atoms with Gasteiger partial charge in [-0.05, 0) is 25.8 Å². The van der Waals surface area contributed by atoms with Crippen LogP contribution in [0.1, 0.15) is 19.3 Å². The number of hydrogen-bond acceptors (Lipinski definition) is 5. The molecule has 1 fully saturated rings. The summed E-state index contributed by atoms with van der Waals surface area (Å²) in [5.74, 6) is 0. The topological polar surface area (TPSA) is 49.0 Å². The highest BCUT2D eigenvalue weighted by atomic mass is 16.5. The lowest BCUT2D eigenvalue weighted by atomic mass is 10.4. The first-order valence-electron chi connectivity index (χ1n) is 7.02. The van der Waals surface area contributed by atoms with E-state index in [1.165, 1.54) is 0 Å². The van der Waals surface area contributed by atoms with E-state index in [0.717, 1.165) is 72.0 Å². The van der Waals surface area contributed by atoms with Crippen LogP contribution in [0.4, 0.5) is 0 Å². The number of ether oxygens (including phenoxy) is 4. The fourth-order valence-electron chi connectivity index (χ4n) is 1.62. The second-order valence-corrected chi connectivity index (χ2v) is 4.26. The van der Waals surface area contributed by atoms with E-state index in [2.05, 4.69) is 5.32 Å². The van der Waals surface area contributed by atoms with Gasteiger partial charge in [0, 0.05) is 39.6 Å². The van der Waals surface area contributed by atoms with Gasteiger partial charge in [0.05, 0.1) is 19.8 Å². The molecular formula is C13H27NO4. The standard InChI is InChI=1S/C13H27NO4/c1-4-14-5-11-16-8-3-10-18-13-12-17-9-2-7-15-6-1/h14H,1-13H2. The van der Waals surface area contributed by atoms with Crippen molar-refractivity contribution >= 4 is 0 Å². The van der Waals surface area contributed by atoms with Gasteiger partial charge >= 0.3 is 0 Å². The Labute approximate surface area is 110 Å². The molecule has 0 spiro atoms. The van der Waals surface area contributed by atoms with E-state index in [0.29, 0.717) is 13.2 Å². The lowest BCUT2D eigenvalue weighted by Crippen LogP contribution is -2.22. The average Bonchev–Trinajstić information content (AvgIpc) is 2.39. The van der Waals surface area contributed by atoms with Gasteiger partial charge in [-0.25, -0.2) is 0 Å². The molecule has 1 N–H and O–H groups in total. The first-order chi connectivity index (χ1) is 9.00. The largest absolute Gasteiger partial charge is 0.381 e. The van der Waals surface area contributed by atoms with E-state index in [1.54, 1.807) is 0 Å². The fourth-order valence-corrected chi connectivity index (χ4v) is 1.62. The molecule has 0 aromatic carbocycles. The molecule has 108 valence electrons. The van der Waals surface area contributed by atoms with E-state index >= 15 is 0 Å². The van der Waals surface area contributed by atoms with Crippen molar-refractivity contribution in [2.45, 2.75) is 19.3 Å². The highest BCUT2D eigenvalue weighted by molar-refractivity contribution is 4.47. The Morgan fingerprint density at radius 3 is 1.61 bits per heavy atom. The fraction of sp³-hybridized carbons (Fsp3) is 1.00. The second-order valence-electron chi connectivity index (χ2n) is 4.26. The molecule has 5 heteroatoms. The third kappa shape index (κ3) is 10.9. The summed E-state index contributed by atoms with van der Waals surface area (Å²) in [5, 5.41) is 3.33. The van der Waals surface area contributed by atoms with Crippen LogP contribution in [-0.4, -0.2) is 65.9 Å². The molecule has 1 saturated heterocycles. The van der Waals surface area contributed by atoms with E-state index in [1.807, 2.05) is 0 Å². The number of rotatable bonds is 0. The minimum atomic E-state index is 0.669. The van der Waals surface area contributed by atoms with Crippen molar-refractivity contribution in [2.24, 2.45) is 0 Å². The van der Waals surface area contributed by atoms with Crippen molar-refractivity contribution in [1.82, 2.24) is 5.32 Å². The van der Waals surface area contributed by atoms with Crippen LogP contribution in [0, 0.1) is 0 Å². The third-order valence-corrected chi connectivity index (χ3v) is 2.59. The minimum Gasteiger partial charge on any atom is -0.381 e. The molecule has 5 nitrogen and oxygen atoms in total. The molecule has 1 heterocycles. The summed E-state index contributed by atoms with van der Waals surface area (Å²) in [7, 11) is 0. The van der Waals surface area contributed by atoms with Crippen LogP contribution in [0.5, 0.6) is 0 Å². The third-order valence-electron chi connectivity index (χ3n) is 2.59. The monoisotopic (exact) mass is 261 g/mol. The van der Waals surface area contributed by atoms with Crippen LogP contribution in [0.15, 0.2) is 0 Å². The SMILES string of the molecule is C1CNCCOCCCOCCOCCCOC1. The summed E-state index contributed by atoms with van der Waals surface area (Å²) < 4.78 is 21.8. The minimum absolute atomic E-state index is 0.669. The van der Waals surface area contributed by atoms with Crippen molar-refractivity contribution in [3.8, 4) is 0 Å². The maximum absolute atomic E-state index is 5.50. The number of hydrogen-bond donors (Lipinski definition) is 1. The van der Waals surface area contributed by atoms with Crippen LogP contribution in [-0.2, 0) is 18.9 Å². The molecule has 0 saturated carbocycles. The van der Waals surface area contributed by atoms with Crippen LogP contribution in [0.2, 0.25) is 0 Å². The van der Waals surface area contributed by atoms with Crippen molar-refractivity contribution < 1.29 is 18.9 Å². The number of nitrogens with one attached hydrogen (secondary N) is 1. The molecular weight excluding hydrogens is 234 g/mol. The van der Waals surface area contributed by atoms with Gasteiger partial charge < -0.3 is 24.3 Å². The lowest BCUT2D eigenvalue weighted by Gasteiger charge is -2.09. The Morgan fingerprint density at radius 1 is 0.444 bits per heavy atom. The summed E-state index contributed by atoms with van der Waals surface area (Å²) in [6, 6.07) is 0. The summed E-state index contributed by atoms with van der Waals surface area (Å²) in [5.41, 5.74) is 0. The van der Waals surface area contributed by atoms with Gasteiger partial charge in [-0.2, -0.15) is 0 Å². The Bertz CT molecular complexity index is 94.0. The van der Waals surface area contributed by atoms with Gasteiger partial charge in [0.1, 0.15) is 0 Å². The smallest absolute Gasteiger partial charge is 0.0700 e. The molecule has 0 aromatic heterocycles.